The van der Waals surface area contributed by atoms with Crippen LogP contribution in [0.15, 0.2) is 34.9 Å². The Morgan fingerprint density at radius 3 is 2.65 bits per heavy atom. The van der Waals surface area contributed by atoms with Gasteiger partial charge in [-0.05, 0) is 24.6 Å². The van der Waals surface area contributed by atoms with E-state index in [1.54, 1.807) is 11.3 Å². The lowest BCUT2D eigenvalue weighted by Gasteiger charge is -2.21. The first kappa shape index (κ1) is 17.4. The minimum atomic E-state index is 0. The van der Waals surface area contributed by atoms with Crippen LogP contribution in [0.3, 0.4) is 0 Å². The van der Waals surface area contributed by atoms with Crippen LogP contribution in [0.4, 0.5) is 5.13 Å². The Bertz CT molecular complexity index is 533. The van der Waals surface area contributed by atoms with Gasteiger partial charge in [0.2, 0.25) is 0 Å². The van der Waals surface area contributed by atoms with Crippen molar-refractivity contribution in [2.45, 2.75) is 26.4 Å². The third-order valence-electron chi connectivity index (χ3n) is 2.84. The molecule has 0 aliphatic carbocycles. The van der Waals surface area contributed by atoms with Crippen molar-refractivity contribution in [1.82, 2.24) is 9.88 Å². The fourth-order valence-corrected chi connectivity index (χ4v) is 3.15. The van der Waals surface area contributed by atoms with Gasteiger partial charge in [-0.2, -0.15) is 0 Å². The SMILES string of the molecule is CCCN(Cc1cnc(N)s1)Cc1ccccc1Br.Cl. The molecule has 0 fully saturated rings. The number of nitrogens with zero attached hydrogens (tertiary/aromatic N) is 2. The summed E-state index contributed by atoms with van der Waals surface area (Å²) < 4.78 is 1.17. The highest BCUT2D eigenvalue weighted by molar-refractivity contribution is 9.10. The van der Waals surface area contributed by atoms with Gasteiger partial charge < -0.3 is 5.73 Å². The van der Waals surface area contributed by atoms with Gasteiger partial charge in [0.05, 0.1) is 0 Å². The Morgan fingerprint density at radius 2 is 2.05 bits per heavy atom. The number of nitrogens with two attached hydrogens (primary N) is 1. The molecule has 0 aliphatic heterocycles. The smallest absolute Gasteiger partial charge is 0.180 e. The van der Waals surface area contributed by atoms with Gasteiger partial charge in [-0.3, -0.25) is 4.90 Å². The molecule has 3 nitrogen and oxygen atoms in total. The van der Waals surface area contributed by atoms with Crippen LogP contribution in [0.5, 0.6) is 0 Å². The molecule has 0 saturated carbocycles. The summed E-state index contributed by atoms with van der Waals surface area (Å²) in [6, 6.07) is 8.37. The molecule has 0 aliphatic rings. The first-order valence-corrected chi connectivity index (χ1v) is 7.96. The molecule has 0 amide bonds. The number of rotatable bonds is 6. The minimum absolute atomic E-state index is 0. The van der Waals surface area contributed by atoms with Crippen LogP contribution in [0.2, 0.25) is 0 Å². The van der Waals surface area contributed by atoms with E-state index in [0.29, 0.717) is 5.13 Å². The Labute approximate surface area is 138 Å². The highest BCUT2D eigenvalue weighted by atomic mass is 79.9. The van der Waals surface area contributed by atoms with Crippen LogP contribution in [0.25, 0.3) is 0 Å². The predicted molar refractivity (Wildman–Crippen MR) is 92.3 cm³/mol. The molecule has 0 unspecified atom stereocenters. The molecule has 1 aromatic carbocycles. The quantitative estimate of drug-likeness (QED) is 0.816. The van der Waals surface area contributed by atoms with E-state index in [9.17, 15) is 0 Å². The number of nitrogen functional groups attached to an aromatic ring is 1. The number of thiazole rings is 1. The molecule has 0 radical (unpaired) electrons. The topological polar surface area (TPSA) is 42.2 Å². The lowest BCUT2D eigenvalue weighted by Crippen LogP contribution is -2.23. The van der Waals surface area contributed by atoms with Crippen molar-refractivity contribution in [3.05, 3.63) is 45.4 Å². The summed E-state index contributed by atoms with van der Waals surface area (Å²) in [5.41, 5.74) is 7.00. The molecule has 110 valence electrons. The van der Waals surface area contributed by atoms with Gasteiger partial charge in [-0.25, -0.2) is 4.98 Å². The average Bonchev–Trinajstić information content (AvgIpc) is 2.78. The highest BCUT2D eigenvalue weighted by Crippen LogP contribution is 2.21. The number of halogens is 2. The zero-order valence-electron chi connectivity index (χ0n) is 11.4. The Kier molecular flexibility index (Phi) is 7.51. The molecule has 0 spiro atoms. The number of hydrogen-bond acceptors (Lipinski definition) is 4. The fourth-order valence-electron chi connectivity index (χ4n) is 2.01. The van der Waals surface area contributed by atoms with Crippen LogP contribution < -0.4 is 5.73 Å². The van der Waals surface area contributed by atoms with Gasteiger partial charge in [0.15, 0.2) is 5.13 Å². The second-order valence-corrected chi connectivity index (χ2v) is 6.47. The number of hydrogen-bond donors (Lipinski definition) is 1. The van der Waals surface area contributed by atoms with E-state index in [1.165, 1.54) is 14.9 Å². The van der Waals surface area contributed by atoms with Crippen molar-refractivity contribution < 1.29 is 0 Å². The zero-order chi connectivity index (χ0) is 13.7. The Balaban J connectivity index is 0.00000200. The predicted octanol–water partition coefficient (Wildman–Crippen LogP) is 4.32. The summed E-state index contributed by atoms with van der Waals surface area (Å²) >= 11 is 5.18. The lowest BCUT2D eigenvalue weighted by atomic mass is 10.2. The van der Waals surface area contributed by atoms with Crippen LogP contribution in [0.1, 0.15) is 23.8 Å². The molecule has 2 aromatic rings. The normalized spacial score (nSPS) is 10.6. The summed E-state index contributed by atoms with van der Waals surface area (Å²) in [5.74, 6) is 0. The third-order valence-corrected chi connectivity index (χ3v) is 4.43. The van der Waals surface area contributed by atoms with Gasteiger partial charge >= 0.3 is 0 Å². The van der Waals surface area contributed by atoms with Crippen molar-refractivity contribution in [3.8, 4) is 0 Å². The van der Waals surface area contributed by atoms with Gasteiger partial charge in [0, 0.05) is 28.6 Å². The highest BCUT2D eigenvalue weighted by Gasteiger charge is 2.10. The molecule has 2 N–H and O–H groups in total. The summed E-state index contributed by atoms with van der Waals surface area (Å²) in [6.45, 7) is 5.12. The summed E-state index contributed by atoms with van der Waals surface area (Å²) in [5, 5.41) is 0.646. The van der Waals surface area contributed by atoms with Crippen molar-refractivity contribution in [3.63, 3.8) is 0 Å². The van der Waals surface area contributed by atoms with Crippen LogP contribution in [-0.4, -0.2) is 16.4 Å². The Hall–Kier alpha value is -0.620. The molecule has 0 atom stereocenters. The van der Waals surface area contributed by atoms with Gasteiger partial charge in [-0.15, -0.1) is 23.7 Å². The molecule has 1 aromatic heterocycles. The summed E-state index contributed by atoms with van der Waals surface area (Å²) in [4.78, 5) is 7.76. The zero-order valence-corrected chi connectivity index (χ0v) is 14.6. The molecule has 1 heterocycles. The molecule has 6 heteroatoms. The van der Waals surface area contributed by atoms with Crippen molar-refractivity contribution in [2.75, 3.05) is 12.3 Å². The fraction of sp³-hybridized carbons (Fsp3) is 0.357. The van der Waals surface area contributed by atoms with E-state index >= 15 is 0 Å². The van der Waals surface area contributed by atoms with E-state index in [-0.39, 0.29) is 12.4 Å². The van der Waals surface area contributed by atoms with Crippen LogP contribution >= 0.6 is 39.7 Å². The van der Waals surface area contributed by atoms with Crippen molar-refractivity contribution in [1.29, 1.82) is 0 Å². The van der Waals surface area contributed by atoms with Crippen molar-refractivity contribution >= 4 is 44.8 Å². The molecule has 20 heavy (non-hydrogen) atoms. The van der Waals surface area contributed by atoms with E-state index in [4.69, 9.17) is 5.73 Å². The number of anilines is 1. The first-order chi connectivity index (χ1) is 9.19. The van der Waals surface area contributed by atoms with Crippen LogP contribution in [-0.2, 0) is 13.1 Å². The second kappa shape index (κ2) is 8.62. The summed E-state index contributed by atoms with van der Waals surface area (Å²) in [7, 11) is 0. The maximum atomic E-state index is 5.69. The number of aromatic nitrogens is 1. The molecule has 0 bridgehead atoms. The summed E-state index contributed by atoms with van der Waals surface area (Å²) in [6.07, 6.45) is 3.02. The van der Waals surface area contributed by atoms with E-state index in [1.807, 2.05) is 12.3 Å². The molecule has 2 rings (SSSR count). The largest absolute Gasteiger partial charge is 0.375 e. The monoisotopic (exact) mass is 375 g/mol. The minimum Gasteiger partial charge on any atom is -0.375 e. The lowest BCUT2D eigenvalue weighted by molar-refractivity contribution is 0.259. The van der Waals surface area contributed by atoms with Gasteiger partial charge in [0.25, 0.3) is 0 Å². The average molecular weight is 377 g/mol. The standard InChI is InChI=1S/C14H18BrN3S.ClH/c1-2-7-18(10-12-8-17-14(16)19-12)9-11-5-3-4-6-13(11)15;/h3-6,8H,2,7,9-10H2,1H3,(H2,16,17);1H. The van der Waals surface area contributed by atoms with Crippen molar-refractivity contribution in [2.24, 2.45) is 0 Å². The maximum absolute atomic E-state index is 5.69. The second-order valence-electron chi connectivity index (χ2n) is 4.47. The van der Waals surface area contributed by atoms with Gasteiger partial charge in [0.1, 0.15) is 0 Å². The molecular weight excluding hydrogens is 358 g/mol. The van der Waals surface area contributed by atoms with Crippen LogP contribution in [0, 0.1) is 0 Å². The maximum Gasteiger partial charge on any atom is 0.180 e. The first-order valence-electron chi connectivity index (χ1n) is 6.35. The van der Waals surface area contributed by atoms with E-state index in [0.717, 1.165) is 26.1 Å². The molecule has 0 saturated heterocycles. The number of benzene rings is 1. The van der Waals surface area contributed by atoms with E-state index in [2.05, 4.69) is 50.9 Å². The Morgan fingerprint density at radius 1 is 1.30 bits per heavy atom. The molecular formula is C14H19BrClN3S. The van der Waals surface area contributed by atoms with E-state index < -0.39 is 0 Å². The third kappa shape index (κ3) is 5.05. The van der Waals surface area contributed by atoms with Gasteiger partial charge in [-0.1, -0.05) is 41.1 Å².